The monoisotopic (exact) mass is 315 g/mol. The summed E-state index contributed by atoms with van der Waals surface area (Å²) in [4.78, 5) is 22.2. The van der Waals surface area contributed by atoms with Crippen LogP contribution in [-0.4, -0.2) is 36.6 Å². The van der Waals surface area contributed by atoms with E-state index in [1.54, 1.807) is 13.0 Å². The molecule has 1 amide bonds. The summed E-state index contributed by atoms with van der Waals surface area (Å²) in [5.41, 5.74) is 1.22. The largest absolute Gasteiger partial charge is 0.378 e. The van der Waals surface area contributed by atoms with Gasteiger partial charge in [-0.3, -0.25) is 14.9 Å². The molecule has 21 heavy (non-hydrogen) atoms. The Hall–Kier alpha value is -1.70. The molecule has 1 aliphatic rings. The topological polar surface area (TPSA) is 93.5 Å². The van der Waals surface area contributed by atoms with E-state index in [1.807, 2.05) is 0 Å². The van der Waals surface area contributed by atoms with E-state index >= 15 is 0 Å². The Balaban J connectivity index is 0.00000220. The number of hydrogen-bond acceptors (Lipinski definition) is 5. The van der Waals surface area contributed by atoms with Crippen LogP contribution in [0.15, 0.2) is 18.2 Å². The summed E-state index contributed by atoms with van der Waals surface area (Å²) in [5.74, 6) is -0.184. The number of morpholine rings is 1. The average Bonchev–Trinajstić information content (AvgIpc) is 2.42. The molecule has 0 spiro atoms. The van der Waals surface area contributed by atoms with Crippen molar-refractivity contribution in [3.05, 3.63) is 33.9 Å². The first-order chi connectivity index (χ1) is 9.56. The van der Waals surface area contributed by atoms with Gasteiger partial charge >= 0.3 is 0 Å². The zero-order chi connectivity index (χ0) is 14.5. The fourth-order valence-electron chi connectivity index (χ4n) is 2.03. The zero-order valence-electron chi connectivity index (χ0n) is 11.6. The fourth-order valence-corrected chi connectivity index (χ4v) is 2.03. The van der Waals surface area contributed by atoms with Gasteiger partial charge in [-0.1, -0.05) is 6.07 Å². The van der Waals surface area contributed by atoms with Crippen LogP contribution < -0.4 is 10.6 Å². The van der Waals surface area contributed by atoms with Gasteiger partial charge in [0.2, 0.25) is 5.91 Å². The number of carbonyl (C=O) groups excluding carboxylic acids is 1. The number of halogens is 1. The smallest absolute Gasteiger partial charge is 0.271 e. The number of ether oxygens (including phenoxy) is 1. The van der Waals surface area contributed by atoms with E-state index in [2.05, 4.69) is 10.6 Å². The standard InChI is InChI=1S/C13H17N3O4.ClH/c1-9-2-3-11(16(18)19)7-12(9)15-13(17)6-10-8-20-5-4-14-10;/h2-3,7,10,14H,4-6,8H2,1H3,(H,15,17);1H. The van der Waals surface area contributed by atoms with E-state index in [9.17, 15) is 14.9 Å². The third-order valence-corrected chi connectivity index (χ3v) is 3.14. The molecule has 1 aliphatic heterocycles. The molecule has 1 atom stereocenters. The van der Waals surface area contributed by atoms with Crippen molar-refractivity contribution in [3.8, 4) is 0 Å². The molecular formula is C13H18ClN3O4. The van der Waals surface area contributed by atoms with Gasteiger partial charge in [0.05, 0.1) is 23.8 Å². The number of carbonyl (C=O) groups is 1. The lowest BCUT2D eigenvalue weighted by molar-refractivity contribution is -0.384. The molecule has 2 N–H and O–H groups in total. The Kier molecular flexibility index (Phi) is 6.54. The molecule has 0 saturated carbocycles. The van der Waals surface area contributed by atoms with E-state index in [-0.39, 0.29) is 36.5 Å². The van der Waals surface area contributed by atoms with Crippen molar-refractivity contribution in [1.29, 1.82) is 0 Å². The van der Waals surface area contributed by atoms with Gasteiger partial charge in [0.25, 0.3) is 5.69 Å². The van der Waals surface area contributed by atoms with Gasteiger partial charge < -0.3 is 15.4 Å². The SMILES string of the molecule is Cc1ccc([N+](=O)[O-])cc1NC(=O)CC1COCCN1.Cl. The van der Waals surface area contributed by atoms with Crippen molar-refractivity contribution >= 4 is 29.7 Å². The summed E-state index contributed by atoms with van der Waals surface area (Å²) in [6, 6.07) is 4.40. The second-order valence-corrected chi connectivity index (χ2v) is 4.73. The summed E-state index contributed by atoms with van der Waals surface area (Å²) in [6.07, 6.45) is 0.280. The van der Waals surface area contributed by atoms with E-state index < -0.39 is 4.92 Å². The van der Waals surface area contributed by atoms with Crippen LogP contribution in [0.3, 0.4) is 0 Å². The minimum absolute atomic E-state index is 0. The van der Waals surface area contributed by atoms with Gasteiger partial charge in [0.1, 0.15) is 0 Å². The Labute approximate surface area is 128 Å². The van der Waals surface area contributed by atoms with Gasteiger partial charge in [0, 0.05) is 31.1 Å². The number of aryl methyl sites for hydroxylation is 1. The first kappa shape index (κ1) is 17.4. The van der Waals surface area contributed by atoms with Gasteiger partial charge in [-0.2, -0.15) is 0 Å². The molecule has 1 saturated heterocycles. The van der Waals surface area contributed by atoms with Gasteiger partial charge in [-0.05, 0) is 12.5 Å². The predicted molar refractivity (Wildman–Crippen MR) is 80.9 cm³/mol. The van der Waals surface area contributed by atoms with E-state index in [0.717, 1.165) is 12.1 Å². The molecule has 116 valence electrons. The van der Waals surface area contributed by atoms with Crippen molar-refractivity contribution in [3.63, 3.8) is 0 Å². The van der Waals surface area contributed by atoms with Crippen LogP contribution in [0.5, 0.6) is 0 Å². The van der Waals surface area contributed by atoms with Crippen molar-refractivity contribution in [2.45, 2.75) is 19.4 Å². The molecule has 8 heteroatoms. The Bertz CT molecular complexity index is 518. The van der Waals surface area contributed by atoms with Crippen molar-refractivity contribution in [1.82, 2.24) is 5.32 Å². The van der Waals surface area contributed by atoms with Crippen LogP contribution in [-0.2, 0) is 9.53 Å². The number of rotatable bonds is 4. The maximum Gasteiger partial charge on any atom is 0.271 e. The van der Waals surface area contributed by atoms with E-state index in [0.29, 0.717) is 18.9 Å². The quantitative estimate of drug-likeness (QED) is 0.651. The van der Waals surface area contributed by atoms with Crippen molar-refractivity contribution in [2.24, 2.45) is 0 Å². The molecule has 0 aliphatic carbocycles. The highest BCUT2D eigenvalue weighted by Gasteiger charge is 2.18. The second kappa shape index (κ2) is 7.92. The molecule has 0 radical (unpaired) electrons. The minimum atomic E-state index is -0.481. The molecular weight excluding hydrogens is 298 g/mol. The number of amides is 1. The Morgan fingerprint density at radius 2 is 2.33 bits per heavy atom. The van der Waals surface area contributed by atoms with Gasteiger partial charge in [-0.15, -0.1) is 12.4 Å². The molecule has 7 nitrogen and oxygen atoms in total. The fraction of sp³-hybridized carbons (Fsp3) is 0.462. The highest BCUT2D eigenvalue weighted by molar-refractivity contribution is 5.92. The molecule has 1 unspecified atom stereocenters. The number of nitro groups is 1. The lowest BCUT2D eigenvalue weighted by Gasteiger charge is -2.23. The Morgan fingerprint density at radius 1 is 1.57 bits per heavy atom. The van der Waals surface area contributed by atoms with Crippen LogP contribution in [0.1, 0.15) is 12.0 Å². The second-order valence-electron chi connectivity index (χ2n) is 4.73. The number of nitro benzene ring substituents is 1. The molecule has 0 aromatic heterocycles. The third-order valence-electron chi connectivity index (χ3n) is 3.14. The van der Waals surface area contributed by atoms with Crippen molar-refractivity contribution in [2.75, 3.05) is 25.1 Å². The van der Waals surface area contributed by atoms with Crippen LogP contribution in [0.4, 0.5) is 11.4 Å². The molecule has 1 fully saturated rings. The average molecular weight is 316 g/mol. The maximum absolute atomic E-state index is 11.9. The maximum atomic E-state index is 11.9. The number of nitrogens with one attached hydrogen (secondary N) is 2. The normalized spacial score (nSPS) is 17.7. The minimum Gasteiger partial charge on any atom is -0.378 e. The summed E-state index contributed by atoms with van der Waals surface area (Å²) in [5, 5.41) is 16.6. The predicted octanol–water partition coefficient (Wildman–Crippen LogP) is 1.64. The van der Waals surface area contributed by atoms with Gasteiger partial charge in [-0.25, -0.2) is 0 Å². The van der Waals surface area contributed by atoms with Gasteiger partial charge in [0.15, 0.2) is 0 Å². The van der Waals surface area contributed by atoms with E-state index in [1.165, 1.54) is 12.1 Å². The molecule has 2 rings (SSSR count). The number of hydrogen-bond donors (Lipinski definition) is 2. The number of anilines is 1. The van der Waals surface area contributed by atoms with Crippen LogP contribution >= 0.6 is 12.4 Å². The number of non-ortho nitro benzene ring substituents is 1. The highest BCUT2D eigenvalue weighted by atomic mass is 35.5. The summed E-state index contributed by atoms with van der Waals surface area (Å²) in [6.45, 7) is 3.68. The summed E-state index contributed by atoms with van der Waals surface area (Å²) >= 11 is 0. The molecule has 1 aromatic carbocycles. The lowest BCUT2D eigenvalue weighted by Crippen LogP contribution is -2.43. The number of nitrogens with zero attached hydrogens (tertiary/aromatic N) is 1. The molecule has 1 heterocycles. The Morgan fingerprint density at radius 3 is 2.95 bits per heavy atom. The third kappa shape index (κ3) is 4.96. The first-order valence-corrected chi connectivity index (χ1v) is 6.42. The van der Waals surface area contributed by atoms with Crippen LogP contribution in [0, 0.1) is 17.0 Å². The highest BCUT2D eigenvalue weighted by Crippen LogP contribution is 2.22. The van der Waals surface area contributed by atoms with E-state index in [4.69, 9.17) is 4.74 Å². The summed E-state index contributed by atoms with van der Waals surface area (Å²) in [7, 11) is 0. The first-order valence-electron chi connectivity index (χ1n) is 6.42. The zero-order valence-corrected chi connectivity index (χ0v) is 12.4. The van der Waals surface area contributed by atoms with Crippen LogP contribution in [0.2, 0.25) is 0 Å². The number of benzene rings is 1. The van der Waals surface area contributed by atoms with Crippen molar-refractivity contribution < 1.29 is 14.5 Å². The lowest BCUT2D eigenvalue weighted by atomic mass is 10.1. The van der Waals surface area contributed by atoms with Crippen LogP contribution in [0.25, 0.3) is 0 Å². The molecule has 1 aromatic rings. The molecule has 0 bridgehead atoms. The summed E-state index contributed by atoms with van der Waals surface area (Å²) < 4.78 is 5.28.